The van der Waals surface area contributed by atoms with E-state index in [1.807, 2.05) is 41.3 Å². The van der Waals surface area contributed by atoms with Crippen LogP contribution in [0.3, 0.4) is 0 Å². The van der Waals surface area contributed by atoms with Gasteiger partial charge >= 0.3 is 0 Å². The summed E-state index contributed by atoms with van der Waals surface area (Å²) in [6, 6.07) is 14.2. The minimum absolute atomic E-state index is 0.0539. The molecule has 2 aromatic rings. The van der Waals surface area contributed by atoms with Gasteiger partial charge in [0.05, 0.1) is 12.3 Å². The molecule has 0 bridgehead atoms. The van der Waals surface area contributed by atoms with Gasteiger partial charge in [0.25, 0.3) is 0 Å². The number of hydrogen-bond donors (Lipinski definition) is 1. The minimum atomic E-state index is -3.20. The summed E-state index contributed by atoms with van der Waals surface area (Å²) < 4.78 is 26.0. The molecule has 2 aliphatic rings. The van der Waals surface area contributed by atoms with Crippen molar-refractivity contribution >= 4 is 27.3 Å². The molecule has 1 amide bonds. The molecule has 2 heterocycles. The number of nitrogens with one attached hydrogen (secondary N) is 1. The second kappa shape index (κ2) is 8.40. The van der Waals surface area contributed by atoms with Crippen molar-refractivity contribution in [1.82, 2.24) is 4.31 Å². The standard InChI is InChI=1S/C23H29N3O3S/c1-3-30(28,29)25-14-13-20-19(16-25)8-6-9-21(20)24-15-23(27)26-17(2)11-12-18-7-4-5-10-22(18)26/h4-10,17,24H,3,11-16H2,1-2H3/t17-/m1/s1. The van der Waals surface area contributed by atoms with Crippen LogP contribution < -0.4 is 10.2 Å². The molecular formula is C23H29N3O3S. The van der Waals surface area contributed by atoms with Crippen molar-refractivity contribution in [2.45, 2.75) is 45.7 Å². The smallest absolute Gasteiger partial charge is 0.246 e. The Morgan fingerprint density at radius 1 is 1.10 bits per heavy atom. The van der Waals surface area contributed by atoms with E-state index in [4.69, 9.17) is 0 Å². The van der Waals surface area contributed by atoms with Gasteiger partial charge in [0.15, 0.2) is 0 Å². The molecule has 160 valence electrons. The summed E-state index contributed by atoms with van der Waals surface area (Å²) in [4.78, 5) is 15.0. The van der Waals surface area contributed by atoms with Crippen LogP contribution in [-0.4, -0.2) is 43.5 Å². The van der Waals surface area contributed by atoms with Gasteiger partial charge in [-0.3, -0.25) is 4.79 Å². The number of carbonyl (C=O) groups is 1. The monoisotopic (exact) mass is 427 g/mol. The summed E-state index contributed by atoms with van der Waals surface area (Å²) in [5, 5.41) is 3.33. The number of benzene rings is 2. The highest BCUT2D eigenvalue weighted by molar-refractivity contribution is 7.89. The van der Waals surface area contributed by atoms with E-state index in [1.54, 1.807) is 11.2 Å². The van der Waals surface area contributed by atoms with Crippen molar-refractivity contribution in [3.63, 3.8) is 0 Å². The summed E-state index contributed by atoms with van der Waals surface area (Å²) in [5.41, 5.74) is 5.27. The van der Waals surface area contributed by atoms with Crippen LogP contribution in [0, 0.1) is 0 Å². The van der Waals surface area contributed by atoms with Gasteiger partial charge < -0.3 is 10.2 Å². The molecule has 2 aromatic carbocycles. The third kappa shape index (κ3) is 3.96. The lowest BCUT2D eigenvalue weighted by atomic mass is 9.96. The SMILES string of the molecule is CCS(=O)(=O)N1CCc2c(cccc2NCC(=O)N2c3ccccc3CC[C@H]2C)C1. The molecule has 0 unspecified atom stereocenters. The Balaban J connectivity index is 1.49. The number of hydrogen-bond acceptors (Lipinski definition) is 4. The first-order valence-corrected chi connectivity index (χ1v) is 12.2. The zero-order chi connectivity index (χ0) is 21.3. The van der Waals surface area contributed by atoms with E-state index in [1.165, 1.54) is 5.56 Å². The van der Waals surface area contributed by atoms with Gasteiger partial charge in [0, 0.05) is 30.5 Å². The fraction of sp³-hybridized carbons (Fsp3) is 0.435. The van der Waals surface area contributed by atoms with Gasteiger partial charge in [0.2, 0.25) is 15.9 Å². The third-order valence-electron chi connectivity index (χ3n) is 6.21. The predicted molar refractivity (Wildman–Crippen MR) is 120 cm³/mol. The number of rotatable bonds is 5. The normalized spacial score (nSPS) is 19.1. The number of aryl methyl sites for hydroxylation is 1. The van der Waals surface area contributed by atoms with E-state index in [0.29, 0.717) is 19.5 Å². The average Bonchev–Trinajstić information content (AvgIpc) is 2.76. The Kier molecular flexibility index (Phi) is 5.84. The van der Waals surface area contributed by atoms with Crippen LogP contribution in [0.2, 0.25) is 0 Å². The number of anilines is 2. The highest BCUT2D eigenvalue weighted by Gasteiger charge is 2.29. The highest BCUT2D eigenvalue weighted by atomic mass is 32.2. The molecule has 0 saturated carbocycles. The van der Waals surface area contributed by atoms with Gasteiger partial charge in [-0.25, -0.2) is 8.42 Å². The van der Waals surface area contributed by atoms with Crippen molar-refractivity contribution < 1.29 is 13.2 Å². The van der Waals surface area contributed by atoms with E-state index in [2.05, 4.69) is 18.3 Å². The molecule has 2 aliphatic heterocycles. The second-order valence-electron chi connectivity index (χ2n) is 8.06. The van der Waals surface area contributed by atoms with Gasteiger partial charge in [-0.2, -0.15) is 4.31 Å². The molecule has 0 aromatic heterocycles. The maximum atomic E-state index is 13.1. The molecule has 4 rings (SSSR count). The molecule has 0 radical (unpaired) electrons. The van der Waals surface area contributed by atoms with Crippen molar-refractivity contribution in [3.05, 3.63) is 59.2 Å². The highest BCUT2D eigenvalue weighted by Crippen LogP contribution is 2.31. The van der Waals surface area contributed by atoms with Gasteiger partial charge in [0.1, 0.15) is 0 Å². The van der Waals surface area contributed by atoms with Crippen LogP contribution in [0.25, 0.3) is 0 Å². The number of nitrogens with zero attached hydrogens (tertiary/aromatic N) is 2. The Morgan fingerprint density at radius 2 is 1.87 bits per heavy atom. The van der Waals surface area contributed by atoms with Crippen LogP contribution in [0.1, 0.15) is 37.0 Å². The number of sulfonamides is 1. The Morgan fingerprint density at radius 3 is 2.67 bits per heavy atom. The number of para-hydroxylation sites is 1. The molecule has 1 N–H and O–H groups in total. The lowest BCUT2D eigenvalue weighted by Crippen LogP contribution is -2.45. The van der Waals surface area contributed by atoms with E-state index in [-0.39, 0.29) is 24.2 Å². The topological polar surface area (TPSA) is 69.7 Å². The minimum Gasteiger partial charge on any atom is -0.376 e. The first-order valence-electron chi connectivity index (χ1n) is 10.6. The Labute approximate surface area is 178 Å². The molecule has 0 spiro atoms. The predicted octanol–water partition coefficient (Wildman–Crippen LogP) is 3.17. The van der Waals surface area contributed by atoms with Gasteiger partial charge in [-0.15, -0.1) is 0 Å². The van der Waals surface area contributed by atoms with Crippen LogP contribution in [-0.2, 0) is 34.2 Å². The lowest BCUT2D eigenvalue weighted by molar-refractivity contribution is -0.117. The number of amides is 1. The van der Waals surface area contributed by atoms with Crippen molar-refractivity contribution in [3.8, 4) is 0 Å². The lowest BCUT2D eigenvalue weighted by Gasteiger charge is -2.35. The molecule has 0 saturated heterocycles. The Bertz CT molecular complexity index is 1050. The van der Waals surface area contributed by atoms with Crippen molar-refractivity contribution in [1.29, 1.82) is 0 Å². The summed E-state index contributed by atoms with van der Waals surface area (Å²) in [6.07, 6.45) is 2.61. The molecule has 6 nitrogen and oxygen atoms in total. The van der Waals surface area contributed by atoms with E-state index in [9.17, 15) is 13.2 Å². The van der Waals surface area contributed by atoms with Gasteiger partial charge in [-0.05, 0) is 61.9 Å². The number of fused-ring (bicyclic) bond motifs is 2. The van der Waals surface area contributed by atoms with E-state index >= 15 is 0 Å². The molecule has 1 atom stereocenters. The van der Waals surface area contributed by atoms with Gasteiger partial charge in [-0.1, -0.05) is 30.3 Å². The summed E-state index contributed by atoms with van der Waals surface area (Å²) in [7, 11) is -3.20. The molecule has 7 heteroatoms. The largest absolute Gasteiger partial charge is 0.376 e. The summed E-state index contributed by atoms with van der Waals surface area (Å²) >= 11 is 0. The first kappa shape index (κ1) is 20.9. The molecule has 0 aliphatic carbocycles. The van der Waals surface area contributed by atoms with Crippen molar-refractivity contribution in [2.24, 2.45) is 0 Å². The molecular weight excluding hydrogens is 398 g/mol. The summed E-state index contributed by atoms with van der Waals surface area (Å²) in [6.45, 7) is 4.86. The third-order valence-corrected chi connectivity index (χ3v) is 8.04. The average molecular weight is 428 g/mol. The molecule has 0 fully saturated rings. The van der Waals surface area contributed by atoms with E-state index < -0.39 is 10.0 Å². The fourth-order valence-corrected chi connectivity index (χ4v) is 5.56. The van der Waals surface area contributed by atoms with Crippen LogP contribution in [0.15, 0.2) is 42.5 Å². The van der Waals surface area contributed by atoms with Crippen LogP contribution in [0.5, 0.6) is 0 Å². The zero-order valence-corrected chi connectivity index (χ0v) is 18.4. The molecule has 30 heavy (non-hydrogen) atoms. The van der Waals surface area contributed by atoms with Crippen molar-refractivity contribution in [2.75, 3.05) is 29.1 Å². The quantitative estimate of drug-likeness (QED) is 0.796. The van der Waals surface area contributed by atoms with E-state index in [0.717, 1.165) is 35.3 Å². The second-order valence-corrected chi connectivity index (χ2v) is 10.3. The summed E-state index contributed by atoms with van der Waals surface area (Å²) in [5.74, 6) is 0.169. The number of carbonyl (C=O) groups excluding carboxylic acids is 1. The Hall–Kier alpha value is -2.38. The maximum Gasteiger partial charge on any atom is 0.246 e. The first-order chi connectivity index (χ1) is 14.4. The van der Waals surface area contributed by atoms with Crippen LogP contribution >= 0.6 is 0 Å². The van der Waals surface area contributed by atoms with Crippen LogP contribution in [0.4, 0.5) is 11.4 Å². The maximum absolute atomic E-state index is 13.1. The fourth-order valence-electron chi connectivity index (χ4n) is 4.49. The zero-order valence-electron chi connectivity index (χ0n) is 17.6.